The molecular weight excluding hydrogens is 467 g/mol. The normalized spacial score (nSPS) is 19.7. The van der Waals surface area contributed by atoms with Gasteiger partial charge in [-0.05, 0) is 59.0 Å². The Bertz CT molecular complexity index is 561. The van der Waals surface area contributed by atoms with Crippen LogP contribution in [0.25, 0.3) is 0 Å². The van der Waals surface area contributed by atoms with Crippen molar-refractivity contribution in [2.45, 2.75) is 38.6 Å². The Morgan fingerprint density at radius 3 is 2.61 bits per heavy atom. The van der Waals surface area contributed by atoms with Gasteiger partial charge in [0, 0.05) is 44.1 Å². The minimum absolute atomic E-state index is 0. The monoisotopic (exact) mass is 494 g/mol. The quantitative estimate of drug-likeness (QED) is 0.381. The van der Waals surface area contributed by atoms with E-state index in [0.29, 0.717) is 5.41 Å². The van der Waals surface area contributed by atoms with Crippen LogP contribution in [-0.4, -0.2) is 36.1 Å². The Balaban J connectivity index is 0.00000192. The largest absolute Gasteiger partial charge is 0.356 e. The molecule has 0 atom stereocenters. The molecule has 2 aliphatic carbocycles. The Morgan fingerprint density at radius 1 is 1.48 bits per heavy atom. The van der Waals surface area contributed by atoms with Crippen molar-refractivity contribution in [2.24, 2.45) is 23.4 Å². The second-order valence-corrected chi connectivity index (χ2v) is 7.92. The molecule has 2 aliphatic rings. The van der Waals surface area contributed by atoms with Crippen molar-refractivity contribution in [3.05, 3.63) is 22.4 Å². The van der Waals surface area contributed by atoms with Crippen molar-refractivity contribution < 1.29 is 0 Å². The van der Waals surface area contributed by atoms with E-state index in [1.54, 1.807) is 0 Å². The van der Waals surface area contributed by atoms with Crippen LogP contribution in [0.5, 0.6) is 0 Å². The summed E-state index contributed by atoms with van der Waals surface area (Å²) < 4.78 is 3.29. The molecule has 1 heterocycles. The van der Waals surface area contributed by atoms with Crippen LogP contribution >= 0.6 is 39.9 Å². The molecule has 4 nitrogen and oxygen atoms in total. The van der Waals surface area contributed by atoms with E-state index in [1.165, 1.54) is 37.8 Å². The molecular formula is C17H28BrIN4. The van der Waals surface area contributed by atoms with Gasteiger partial charge in [0.1, 0.15) is 0 Å². The van der Waals surface area contributed by atoms with E-state index in [1.807, 2.05) is 7.05 Å². The minimum atomic E-state index is 0. The molecule has 1 aromatic heterocycles. The van der Waals surface area contributed by atoms with Gasteiger partial charge >= 0.3 is 0 Å². The van der Waals surface area contributed by atoms with Crippen molar-refractivity contribution >= 4 is 45.9 Å². The Morgan fingerprint density at radius 2 is 2.17 bits per heavy atom. The molecule has 1 aromatic rings. The number of guanidine groups is 1. The number of rotatable bonds is 5. The average molecular weight is 495 g/mol. The summed E-state index contributed by atoms with van der Waals surface area (Å²) in [6, 6.07) is 2.17. The first-order chi connectivity index (χ1) is 10.5. The molecule has 130 valence electrons. The van der Waals surface area contributed by atoms with Gasteiger partial charge in [-0.3, -0.25) is 4.99 Å². The fourth-order valence-corrected chi connectivity index (χ4v) is 4.31. The highest BCUT2D eigenvalue weighted by Gasteiger charge is 2.48. The Hall–Kier alpha value is -0.240. The number of hydrogen-bond donors (Lipinski definition) is 1. The van der Waals surface area contributed by atoms with E-state index in [-0.39, 0.29) is 24.0 Å². The van der Waals surface area contributed by atoms with Crippen LogP contribution in [0.3, 0.4) is 0 Å². The molecule has 0 aliphatic heterocycles. The Labute approximate surface area is 165 Å². The fourth-order valence-electron chi connectivity index (χ4n) is 3.74. The van der Waals surface area contributed by atoms with Gasteiger partial charge in [0.05, 0.1) is 6.54 Å². The van der Waals surface area contributed by atoms with Crippen LogP contribution in [0, 0.1) is 11.3 Å². The second kappa shape index (κ2) is 7.76. The number of nitrogens with zero attached hydrogens (tertiary/aromatic N) is 3. The van der Waals surface area contributed by atoms with Gasteiger partial charge in [0.25, 0.3) is 0 Å². The summed E-state index contributed by atoms with van der Waals surface area (Å²) in [6.07, 6.45) is 9.17. The van der Waals surface area contributed by atoms with Gasteiger partial charge in [0.15, 0.2) is 5.96 Å². The zero-order valence-electron chi connectivity index (χ0n) is 14.3. The van der Waals surface area contributed by atoms with Gasteiger partial charge in [-0.2, -0.15) is 0 Å². The standard InChI is InChI=1S/C17H27BrN4.HI/c1-19-16(20-12-17(7-4-8-17)13-5-6-13)22(3)11-15-9-14(18)10-21(15)2;/h9-10,13H,4-8,11-12H2,1-3H3,(H,19,20);1H. The van der Waals surface area contributed by atoms with Crippen molar-refractivity contribution in [1.82, 2.24) is 14.8 Å². The molecule has 0 unspecified atom stereocenters. The molecule has 1 N–H and O–H groups in total. The van der Waals surface area contributed by atoms with Gasteiger partial charge in [-0.1, -0.05) is 6.42 Å². The van der Waals surface area contributed by atoms with E-state index < -0.39 is 0 Å². The van der Waals surface area contributed by atoms with Crippen LogP contribution in [0.4, 0.5) is 0 Å². The number of hydrogen-bond acceptors (Lipinski definition) is 1. The van der Waals surface area contributed by atoms with Crippen LogP contribution in [0.2, 0.25) is 0 Å². The predicted octanol–water partition coefficient (Wildman–Crippen LogP) is 3.99. The summed E-state index contributed by atoms with van der Waals surface area (Å²) in [4.78, 5) is 6.68. The van der Waals surface area contributed by atoms with Crippen LogP contribution in [0.15, 0.2) is 21.7 Å². The average Bonchev–Trinajstić information content (AvgIpc) is 3.21. The number of aromatic nitrogens is 1. The third-order valence-electron chi connectivity index (χ3n) is 5.44. The number of aliphatic imine (C=N–C) groups is 1. The maximum Gasteiger partial charge on any atom is 0.193 e. The highest BCUT2D eigenvalue weighted by Crippen LogP contribution is 2.56. The van der Waals surface area contributed by atoms with Crippen molar-refractivity contribution in [1.29, 1.82) is 0 Å². The Kier molecular flexibility index (Phi) is 6.44. The zero-order valence-corrected chi connectivity index (χ0v) is 18.2. The van der Waals surface area contributed by atoms with Gasteiger partial charge in [0.2, 0.25) is 0 Å². The highest BCUT2D eigenvalue weighted by molar-refractivity contribution is 14.0. The topological polar surface area (TPSA) is 32.6 Å². The summed E-state index contributed by atoms with van der Waals surface area (Å²) in [5, 5.41) is 3.63. The van der Waals surface area contributed by atoms with E-state index in [2.05, 4.69) is 62.1 Å². The third-order valence-corrected chi connectivity index (χ3v) is 5.87. The fraction of sp³-hybridized carbons (Fsp3) is 0.706. The molecule has 0 saturated heterocycles. The van der Waals surface area contributed by atoms with Gasteiger partial charge in [-0.25, -0.2) is 0 Å². The first-order valence-electron chi connectivity index (χ1n) is 8.26. The number of nitrogens with one attached hydrogen (secondary N) is 1. The van der Waals surface area contributed by atoms with Gasteiger partial charge < -0.3 is 14.8 Å². The van der Waals surface area contributed by atoms with Crippen molar-refractivity contribution in [2.75, 3.05) is 20.6 Å². The highest BCUT2D eigenvalue weighted by atomic mass is 127. The number of halogens is 2. The molecule has 2 fully saturated rings. The molecule has 3 rings (SSSR count). The minimum Gasteiger partial charge on any atom is -0.356 e. The second-order valence-electron chi connectivity index (χ2n) is 7.01. The third kappa shape index (κ3) is 4.24. The first-order valence-corrected chi connectivity index (χ1v) is 9.06. The number of aryl methyl sites for hydroxylation is 1. The van der Waals surface area contributed by atoms with E-state index in [9.17, 15) is 0 Å². The van der Waals surface area contributed by atoms with E-state index in [4.69, 9.17) is 0 Å². The molecule has 0 bridgehead atoms. The summed E-state index contributed by atoms with van der Waals surface area (Å²) in [6.45, 7) is 1.95. The lowest BCUT2D eigenvalue weighted by molar-refractivity contribution is 0.105. The summed E-state index contributed by atoms with van der Waals surface area (Å²) in [7, 11) is 6.08. The maximum atomic E-state index is 4.47. The lowest BCUT2D eigenvalue weighted by Gasteiger charge is -2.43. The van der Waals surface area contributed by atoms with E-state index >= 15 is 0 Å². The molecule has 23 heavy (non-hydrogen) atoms. The van der Waals surface area contributed by atoms with Gasteiger partial charge in [-0.15, -0.1) is 24.0 Å². The lowest BCUT2D eigenvalue weighted by Crippen LogP contribution is -2.47. The summed E-state index contributed by atoms with van der Waals surface area (Å²) in [5.41, 5.74) is 1.85. The molecule has 0 spiro atoms. The summed E-state index contributed by atoms with van der Waals surface area (Å²) >= 11 is 3.54. The summed E-state index contributed by atoms with van der Waals surface area (Å²) in [5.74, 6) is 1.98. The maximum absolute atomic E-state index is 4.47. The molecule has 6 heteroatoms. The van der Waals surface area contributed by atoms with Crippen LogP contribution in [-0.2, 0) is 13.6 Å². The molecule has 0 aromatic carbocycles. The molecule has 2 saturated carbocycles. The molecule has 0 amide bonds. The van der Waals surface area contributed by atoms with E-state index in [0.717, 1.165) is 29.4 Å². The predicted molar refractivity (Wildman–Crippen MR) is 110 cm³/mol. The van der Waals surface area contributed by atoms with Crippen LogP contribution < -0.4 is 5.32 Å². The lowest BCUT2D eigenvalue weighted by atomic mass is 9.65. The van der Waals surface area contributed by atoms with Crippen molar-refractivity contribution in [3.8, 4) is 0 Å². The first kappa shape index (κ1) is 19.1. The molecule has 0 radical (unpaired) electrons. The SMILES string of the molecule is CN=C(NCC1(C2CC2)CCC1)N(C)Cc1cc(Br)cn1C.I. The van der Waals surface area contributed by atoms with Crippen molar-refractivity contribution in [3.63, 3.8) is 0 Å². The van der Waals surface area contributed by atoms with Crippen LogP contribution in [0.1, 0.15) is 37.8 Å². The zero-order chi connectivity index (χ0) is 15.7. The smallest absolute Gasteiger partial charge is 0.193 e.